The van der Waals surface area contributed by atoms with Gasteiger partial charge in [0.2, 0.25) is 0 Å². The molecule has 0 spiro atoms. The molecule has 0 bridgehead atoms. The number of carbonyl (C=O) groups is 1. The van der Waals surface area contributed by atoms with E-state index in [0.29, 0.717) is 24.5 Å². The summed E-state index contributed by atoms with van der Waals surface area (Å²) < 4.78 is 26.4. The Morgan fingerprint density at radius 2 is 2.08 bits per heavy atom. The van der Waals surface area contributed by atoms with Crippen LogP contribution in [0.15, 0.2) is 24.3 Å². The van der Waals surface area contributed by atoms with Crippen molar-refractivity contribution in [2.24, 2.45) is 7.05 Å². The minimum atomic E-state index is -0.448. The number of amides is 1. The van der Waals surface area contributed by atoms with Crippen molar-refractivity contribution in [2.75, 3.05) is 20.3 Å². The number of benzene rings is 1. The van der Waals surface area contributed by atoms with Crippen molar-refractivity contribution in [3.63, 3.8) is 0 Å². The number of methoxy groups -OCH3 is 1. The van der Waals surface area contributed by atoms with Crippen molar-refractivity contribution < 1.29 is 18.7 Å². The van der Waals surface area contributed by atoms with Crippen LogP contribution in [0.3, 0.4) is 0 Å². The molecule has 1 aromatic heterocycles. The molecule has 0 radical (unpaired) electrons. The molecule has 0 saturated heterocycles. The smallest absolute Gasteiger partial charge is 0.269 e. The lowest BCUT2D eigenvalue weighted by Gasteiger charge is -2.11. The molecular formula is C18H24FN3O3. The molecule has 1 amide bonds. The van der Waals surface area contributed by atoms with Gasteiger partial charge in [-0.1, -0.05) is 12.1 Å². The van der Waals surface area contributed by atoms with E-state index in [9.17, 15) is 9.18 Å². The molecule has 0 fully saturated rings. The van der Waals surface area contributed by atoms with E-state index in [0.717, 1.165) is 18.5 Å². The Labute approximate surface area is 146 Å². The molecule has 2 aromatic rings. The maximum absolute atomic E-state index is 14.5. The van der Waals surface area contributed by atoms with E-state index in [1.165, 1.54) is 4.68 Å². The van der Waals surface area contributed by atoms with Crippen molar-refractivity contribution in [3.8, 4) is 5.75 Å². The Morgan fingerprint density at radius 1 is 1.32 bits per heavy atom. The first-order valence-corrected chi connectivity index (χ1v) is 8.21. The lowest BCUT2D eigenvalue weighted by Crippen LogP contribution is -2.25. The molecular weight excluding hydrogens is 325 g/mol. The molecule has 0 aliphatic rings. The predicted octanol–water partition coefficient (Wildman–Crippen LogP) is 2.60. The highest BCUT2D eigenvalue weighted by molar-refractivity contribution is 5.92. The summed E-state index contributed by atoms with van der Waals surface area (Å²) >= 11 is 0. The first kappa shape index (κ1) is 18.9. The zero-order valence-electron chi connectivity index (χ0n) is 14.8. The second-order valence-corrected chi connectivity index (χ2v) is 5.75. The van der Waals surface area contributed by atoms with Gasteiger partial charge in [-0.15, -0.1) is 0 Å². The van der Waals surface area contributed by atoms with Crippen molar-refractivity contribution in [1.29, 1.82) is 0 Å². The van der Waals surface area contributed by atoms with Crippen molar-refractivity contribution in [1.82, 2.24) is 15.1 Å². The minimum absolute atomic E-state index is 0.0791. The Hall–Kier alpha value is -2.41. The van der Waals surface area contributed by atoms with E-state index in [1.807, 2.05) is 6.92 Å². The van der Waals surface area contributed by atoms with Crippen molar-refractivity contribution in [3.05, 3.63) is 47.0 Å². The third-order valence-electron chi connectivity index (χ3n) is 3.72. The lowest BCUT2D eigenvalue weighted by atomic mass is 10.2. The number of halogens is 1. The highest BCUT2D eigenvalue weighted by Crippen LogP contribution is 2.21. The van der Waals surface area contributed by atoms with Gasteiger partial charge in [0.1, 0.15) is 5.69 Å². The van der Waals surface area contributed by atoms with Crippen LogP contribution < -0.4 is 10.1 Å². The number of nitrogens with one attached hydrogen (secondary N) is 1. The number of rotatable bonds is 9. The number of hydrogen-bond donors (Lipinski definition) is 1. The number of nitrogens with zero attached hydrogens (tertiary/aromatic N) is 2. The first-order chi connectivity index (χ1) is 12.0. The van der Waals surface area contributed by atoms with Crippen LogP contribution in [0.1, 0.15) is 34.6 Å². The molecule has 1 heterocycles. The summed E-state index contributed by atoms with van der Waals surface area (Å²) in [4.78, 5) is 12.2. The molecule has 1 N–H and O–H groups in total. The molecule has 6 nitrogen and oxygen atoms in total. The molecule has 0 unspecified atom stereocenters. The summed E-state index contributed by atoms with van der Waals surface area (Å²) in [6.45, 7) is 2.97. The van der Waals surface area contributed by atoms with Gasteiger partial charge in [-0.2, -0.15) is 5.10 Å². The number of carbonyl (C=O) groups excluding carboxylic acids is 1. The van der Waals surface area contributed by atoms with Gasteiger partial charge < -0.3 is 14.8 Å². The lowest BCUT2D eigenvalue weighted by molar-refractivity contribution is 0.0941. The SMILES string of the molecule is COCCCCOc1cccc(CNC(=O)c2cc(C)nn2C)c1F. The molecule has 0 aliphatic carbocycles. The third kappa shape index (κ3) is 5.29. The van der Waals surface area contributed by atoms with Crippen LogP contribution in [-0.4, -0.2) is 36.0 Å². The number of aryl methyl sites for hydroxylation is 2. The van der Waals surface area contributed by atoms with E-state index < -0.39 is 5.82 Å². The molecule has 0 atom stereocenters. The maximum Gasteiger partial charge on any atom is 0.269 e. The van der Waals surface area contributed by atoms with Gasteiger partial charge in [-0.05, 0) is 31.9 Å². The van der Waals surface area contributed by atoms with Gasteiger partial charge in [-0.25, -0.2) is 4.39 Å². The highest BCUT2D eigenvalue weighted by Gasteiger charge is 2.14. The molecule has 1 aromatic carbocycles. The Morgan fingerprint density at radius 3 is 2.76 bits per heavy atom. The van der Waals surface area contributed by atoms with Gasteiger partial charge in [-0.3, -0.25) is 9.48 Å². The molecule has 0 saturated carbocycles. The fourth-order valence-corrected chi connectivity index (χ4v) is 2.42. The molecule has 7 heteroatoms. The third-order valence-corrected chi connectivity index (χ3v) is 3.72. The summed E-state index contributed by atoms with van der Waals surface area (Å²) in [6, 6.07) is 6.61. The van der Waals surface area contributed by atoms with Crippen LogP contribution in [0.2, 0.25) is 0 Å². The van der Waals surface area contributed by atoms with Crippen molar-refractivity contribution >= 4 is 5.91 Å². The standard InChI is InChI=1S/C18H24FN3O3/c1-13-11-15(22(2)21-13)18(23)20-12-14-7-6-8-16(17(14)19)25-10-5-4-9-24-3/h6-8,11H,4-5,9-10,12H2,1-3H3,(H,20,23). The fraction of sp³-hybridized carbons (Fsp3) is 0.444. The quantitative estimate of drug-likeness (QED) is 0.707. The van der Waals surface area contributed by atoms with E-state index in [1.54, 1.807) is 38.4 Å². The number of unbranched alkanes of at least 4 members (excludes halogenated alkanes) is 1. The molecule has 136 valence electrons. The predicted molar refractivity (Wildman–Crippen MR) is 92.1 cm³/mol. The summed E-state index contributed by atoms with van der Waals surface area (Å²) in [5, 5.41) is 6.84. The zero-order chi connectivity index (χ0) is 18.2. The molecule has 2 rings (SSSR count). The topological polar surface area (TPSA) is 65.4 Å². The Balaban J connectivity index is 1.92. The van der Waals surface area contributed by atoms with Crippen LogP contribution in [0.4, 0.5) is 4.39 Å². The van der Waals surface area contributed by atoms with Gasteiger partial charge in [0.15, 0.2) is 11.6 Å². The van der Waals surface area contributed by atoms with Crippen molar-refractivity contribution in [2.45, 2.75) is 26.3 Å². The monoisotopic (exact) mass is 349 g/mol. The minimum Gasteiger partial charge on any atom is -0.491 e. The van der Waals surface area contributed by atoms with E-state index >= 15 is 0 Å². The average molecular weight is 349 g/mol. The number of ether oxygens (including phenoxy) is 2. The fourth-order valence-electron chi connectivity index (χ4n) is 2.42. The zero-order valence-corrected chi connectivity index (χ0v) is 14.8. The Kier molecular flexibility index (Phi) is 6.94. The van der Waals surface area contributed by atoms with Crippen LogP contribution in [0.5, 0.6) is 5.75 Å². The Bertz CT molecular complexity index is 716. The van der Waals surface area contributed by atoms with Gasteiger partial charge in [0.05, 0.1) is 12.3 Å². The molecule has 25 heavy (non-hydrogen) atoms. The van der Waals surface area contributed by atoms with Crippen LogP contribution in [0.25, 0.3) is 0 Å². The normalized spacial score (nSPS) is 10.7. The largest absolute Gasteiger partial charge is 0.491 e. The van der Waals surface area contributed by atoms with Gasteiger partial charge in [0, 0.05) is 32.9 Å². The van der Waals surface area contributed by atoms with Crippen LogP contribution in [0, 0.1) is 12.7 Å². The maximum atomic E-state index is 14.5. The first-order valence-electron chi connectivity index (χ1n) is 8.21. The van der Waals surface area contributed by atoms with Crippen LogP contribution >= 0.6 is 0 Å². The molecule has 0 aliphatic heterocycles. The van der Waals surface area contributed by atoms with E-state index in [-0.39, 0.29) is 18.2 Å². The van der Waals surface area contributed by atoms with Gasteiger partial charge >= 0.3 is 0 Å². The van der Waals surface area contributed by atoms with E-state index in [4.69, 9.17) is 9.47 Å². The van der Waals surface area contributed by atoms with Gasteiger partial charge in [0.25, 0.3) is 5.91 Å². The summed E-state index contributed by atoms with van der Waals surface area (Å²) in [7, 11) is 3.34. The van der Waals surface area contributed by atoms with Crippen LogP contribution in [-0.2, 0) is 18.3 Å². The number of aromatic nitrogens is 2. The number of hydrogen-bond acceptors (Lipinski definition) is 4. The summed E-state index contributed by atoms with van der Waals surface area (Å²) in [5.41, 5.74) is 1.56. The van der Waals surface area contributed by atoms with E-state index in [2.05, 4.69) is 10.4 Å². The average Bonchev–Trinajstić information content (AvgIpc) is 2.93. The summed E-state index contributed by atoms with van der Waals surface area (Å²) in [6.07, 6.45) is 1.64. The summed E-state index contributed by atoms with van der Waals surface area (Å²) in [5.74, 6) is -0.551. The second-order valence-electron chi connectivity index (χ2n) is 5.75. The second kappa shape index (κ2) is 9.17. The highest BCUT2D eigenvalue weighted by atomic mass is 19.1.